The zero-order valence-electron chi connectivity index (χ0n) is 12.5. The van der Waals surface area contributed by atoms with Crippen LogP contribution in [0.2, 0.25) is 0 Å². The van der Waals surface area contributed by atoms with Crippen molar-refractivity contribution >= 4 is 16.6 Å². The summed E-state index contributed by atoms with van der Waals surface area (Å²) < 4.78 is 2.29. The maximum atomic E-state index is 12.1. The van der Waals surface area contributed by atoms with Crippen molar-refractivity contribution in [3.8, 4) is 0 Å². The largest absolute Gasteiger partial charge is 0.369 e. The summed E-state index contributed by atoms with van der Waals surface area (Å²) in [5.41, 5.74) is 2.48. The average molecular weight is 283 g/mol. The molecule has 0 spiro atoms. The van der Waals surface area contributed by atoms with Crippen molar-refractivity contribution < 1.29 is 0 Å². The molecule has 0 atom stereocenters. The van der Waals surface area contributed by atoms with Gasteiger partial charge in [-0.3, -0.25) is 4.79 Å². The Bertz CT molecular complexity index is 724. The molecule has 1 saturated carbocycles. The van der Waals surface area contributed by atoms with Gasteiger partial charge in [0.15, 0.2) is 5.43 Å². The quantitative estimate of drug-likeness (QED) is 0.845. The molecule has 4 nitrogen and oxygen atoms in total. The van der Waals surface area contributed by atoms with E-state index in [1.54, 1.807) is 6.07 Å². The maximum Gasteiger partial charge on any atom is 0.189 e. The average Bonchev–Trinajstić information content (AvgIpc) is 3.33. The number of nitrogens with zero attached hydrogens (tertiary/aromatic N) is 3. The number of piperazine rings is 1. The molecule has 2 fully saturated rings. The van der Waals surface area contributed by atoms with E-state index in [2.05, 4.69) is 33.5 Å². The second-order valence-corrected chi connectivity index (χ2v) is 6.31. The van der Waals surface area contributed by atoms with E-state index in [1.165, 1.54) is 18.5 Å². The second kappa shape index (κ2) is 4.88. The molecule has 21 heavy (non-hydrogen) atoms. The Morgan fingerprint density at radius 2 is 1.81 bits per heavy atom. The van der Waals surface area contributed by atoms with Crippen molar-refractivity contribution in [2.45, 2.75) is 18.9 Å². The van der Waals surface area contributed by atoms with E-state index in [4.69, 9.17) is 0 Å². The Morgan fingerprint density at radius 1 is 1.05 bits per heavy atom. The third-order valence-corrected chi connectivity index (χ3v) is 4.72. The molecule has 4 rings (SSSR count). The molecule has 0 radical (unpaired) electrons. The van der Waals surface area contributed by atoms with Gasteiger partial charge in [0.25, 0.3) is 0 Å². The van der Waals surface area contributed by atoms with Gasteiger partial charge in [-0.15, -0.1) is 0 Å². The van der Waals surface area contributed by atoms with E-state index in [-0.39, 0.29) is 5.43 Å². The number of aromatic nitrogens is 1. The number of likely N-dealkylation sites (N-methyl/N-ethyl adjacent to an activating group) is 1. The minimum absolute atomic E-state index is 0.131. The Balaban J connectivity index is 1.78. The molecule has 0 unspecified atom stereocenters. The van der Waals surface area contributed by atoms with Gasteiger partial charge in [-0.1, -0.05) is 0 Å². The molecule has 2 aromatic rings. The number of pyridine rings is 1. The number of fused-ring (bicyclic) bond motifs is 1. The lowest BCUT2D eigenvalue weighted by Crippen LogP contribution is -2.44. The highest BCUT2D eigenvalue weighted by Gasteiger charge is 2.24. The van der Waals surface area contributed by atoms with Gasteiger partial charge >= 0.3 is 0 Å². The lowest BCUT2D eigenvalue weighted by Gasteiger charge is -2.34. The zero-order valence-corrected chi connectivity index (χ0v) is 12.5. The highest BCUT2D eigenvalue weighted by molar-refractivity contribution is 5.83. The Kier molecular flexibility index (Phi) is 3.00. The monoisotopic (exact) mass is 283 g/mol. The summed E-state index contributed by atoms with van der Waals surface area (Å²) in [5, 5.41) is 0.849. The van der Waals surface area contributed by atoms with Crippen molar-refractivity contribution in [2.24, 2.45) is 0 Å². The molecule has 1 aromatic carbocycles. The molecule has 1 aromatic heterocycles. The normalized spacial score (nSPS) is 20.1. The number of hydrogen-bond acceptors (Lipinski definition) is 3. The third kappa shape index (κ3) is 2.33. The molecular weight excluding hydrogens is 262 g/mol. The summed E-state index contributed by atoms with van der Waals surface area (Å²) in [6.07, 6.45) is 4.43. The molecule has 4 heteroatoms. The van der Waals surface area contributed by atoms with Crippen molar-refractivity contribution in [1.29, 1.82) is 0 Å². The number of anilines is 1. The standard InChI is InChI=1S/C17H21N3O/c1-18-8-10-19(11-9-18)14-4-5-15-16(12-14)20(13-2-3-13)7-6-17(15)21/h4-7,12-13H,2-3,8-11H2,1H3. The molecule has 2 heterocycles. The molecular formula is C17H21N3O. The number of rotatable bonds is 2. The minimum Gasteiger partial charge on any atom is -0.369 e. The first kappa shape index (κ1) is 12.9. The first-order valence-corrected chi connectivity index (χ1v) is 7.81. The molecule has 1 aliphatic carbocycles. The van der Waals surface area contributed by atoms with E-state index in [0.29, 0.717) is 6.04 Å². The van der Waals surface area contributed by atoms with Crippen LogP contribution in [0.5, 0.6) is 0 Å². The fourth-order valence-electron chi connectivity index (χ4n) is 3.19. The third-order valence-electron chi connectivity index (χ3n) is 4.72. The molecule has 1 aliphatic heterocycles. The van der Waals surface area contributed by atoms with E-state index in [0.717, 1.165) is 37.1 Å². The van der Waals surface area contributed by atoms with Crippen LogP contribution in [0.15, 0.2) is 35.3 Å². The Hall–Kier alpha value is -1.81. The Morgan fingerprint density at radius 3 is 2.52 bits per heavy atom. The van der Waals surface area contributed by atoms with Gasteiger partial charge in [-0.25, -0.2) is 0 Å². The van der Waals surface area contributed by atoms with Crippen molar-refractivity contribution in [1.82, 2.24) is 9.47 Å². The second-order valence-electron chi connectivity index (χ2n) is 6.31. The van der Waals surface area contributed by atoms with Crippen LogP contribution >= 0.6 is 0 Å². The summed E-state index contributed by atoms with van der Waals surface area (Å²) >= 11 is 0. The van der Waals surface area contributed by atoms with Gasteiger partial charge in [0.2, 0.25) is 0 Å². The molecule has 0 N–H and O–H groups in total. The number of benzene rings is 1. The van der Waals surface area contributed by atoms with Crippen LogP contribution in [0.3, 0.4) is 0 Å². The summed E-state index contributed by atoms with van der Waals surface area (Å²) in [6, 6.07) is 8.61. The topological polar surface area (TPSA) is 28.5 Å². The first-order valence-electron chi connectivity index (χ1n) is 7.81. The van der Waals surface area contributed by atoms with Gasteiger partial charge < -0.3 is 14.4 Å². The molecule has 0 bridgehead atoms. The Labute approximate surface area is 124 Å². The van der Waals surface area contributed by atoms with Gasteiger partial charge in [-0.05, 0) is 38.1 Å². The molecule has 1 saturated heterocycles. The van der Waals surface area contributed by atoms with Crippen LogP contribution in [0.4, 0.5) is 5.69 Å². The van der Waals surface area contributed by atoms with E-state index >= 15 is 0 Å². The summed E-state index contributed by atoms with van der Waals surface area (Å²) in [5.74, 6) is 0. The highest BCUT2D eigenvalue weighted by Crippen LogP contribution is 2.37. The minimum atomic E-state index is 0.131. The SMILES string of the molecule is CN1CCN(c2ccc3c(=O)ccn(C4CC4)c3c2)CC1. The van der Waals surface area contributed by atoms with Crippen LogP contribution in [0.1, 0.15) is 18.9 Å². The van der Waals surface area contributed by atoms with Crippen LogP contribution in [-0.2, 0) is 0 Å². The summed E-state index contributed by atoms with van der Waals surface area (Å²) in [4.78, 5) is 16.9. The summed E-state index contributed by atoms with van der Waals surface area (Å²) in [6.45, 7) is 4.31. The fraction of sp³-hybridized carbons (Fsp3) is 0.471. The van der Waals surface area contributed by atoms with Crippen molar-refractivity contribution in [2.75, 3.05) is 38.1 Å². The molecule has 110 valence electrons. The van der Waals surface area contributed by atoms with Crippen LogP contribution in [-0.4, -0.2) is 42.7 Å². The van der Waals surface area contributed by atoms with Crippen molar-refractivity contribution in [3.05, 3.63) is 40.7 Å². The highest BCUT2D eigenvalue weighted by atomic mass is 16.1. The van der Waals surface area contributed by atoms with Gasteiger partial charge in [0.05, 0.1) is 5.52 Å². The lowest BCUT2D eigenvalue weighted by atomic mass is 10.1. The predicted molar refractivity (Wildman–Crippen MR) is 86.2 cm³/mol. The van der Waals surface area contributed by atoms with Crippen LogP contribution < -0.4 is 10.3 Å². The van der Waals surface area contributed by atoms with Crippen LogP contribution in [0, 0.1) is 0 Å². The first-order chi connectivity index (χ1) is 10.2. The molecule has 0 amide bonds. The van der Waals surface area contributed by atoms with Gasteiger partial charge in [-0.2, -0.15) is 0 Å². The van der Waals surface area contributed by atoms with E-state index < -0.39 is 0 Å². The number of hydrogen-bond donors (Lipinski definition) is 0. The maximum absolute atomic E-state index is 12.1. The fourth-order valence-corrected chi connectivity index (χ4v) is 3.19. The van der Waals surface area contributed by atoms with Gasteiger partial charge in [0, 0.05) is 55.6 Å². The lowest BCUT2D eigenvalue weighted by molar-refractivity contribution is 0.313. The smallest absolute Gasteiger partial charge is 0.189 e. The molecule has 2 aliphatic rings. The summed E-state index contributed by atoms with van der Waals surface area (Å²) in [7, 11) is 2.17. The van der Waals surface area contributed by atoms with Crippen molar-refractivity contribution in [3.63, 3.8) is 0 Å². The van der Waals surface area contributed by atoms with Gasteiger partial charge in [0.1, 0.15) is 0 Å². The van der Waals surface area contributed by atoms with Crippen LogP contribution in [0.25, 0.3) is 10.9 Å². The van der Waals surface area contributed by atoms with E-state index in [1.807, 2.05) is 12.3 Å². The predicted octanol–water partition coefficient (Wildman–Crippen LogP) is 2.09. The van der Waals surface area contributed by atoms with E-state index in [9.17, 15) is 4.79 Å². The zero-order chi connectivity index (χ0) is 14.4.